The highest BCUT2D eigenvalue weighted by Crippen LogP contribution is 2.24. The number of benzene rings is 4. The van der Waals surface area contributed by atoms with Gasteiger partial charge in [0.05, 0.1) is 26.4 Å². The van der Waals surface area contributed by atoms with Crippen molar-refractivity contribution in [2.24, 2.45) is 11.3 Å². The number of nitrogens with one attached hydrogen (secondary N) is 5. The largest absolute Gasteiger partial charge is 0.507 e. The zero-order valence-corrected chi connectivity index (χ0v) is 36.3. The van der Waals surface area contributed by atoms with E-state index in [1.807, 2.05) is 73.7 Å². The standard InChI is InChI=1S/C47H61N5O9/c1-29(2)39(43(55)49-27-34-19-22-36(60-8)25-38(34)53)51-44(56)40(48-26-32-17-20-35(59-7)21-18-32)41(54)37(24-31-14-10-9-11-15-31)50-45(57)42(47(4,5)6)52-46(58)61-28-33-16-12-13-30(3)23-33/h9-23,25,29,37,39-42,48,53-54H,24,26-28H2,1-8H3,(H,49,55)(H,50,57)(H,51,56)(H,52,58)/t37-,39-,40+,41-,42+/m0/s1. The van der Waals surface area contributed by atoms with Crippen molar-refractivity contribution in [2.45, 2.75) is 97.9 Å². The van der Waals surface area contributed by atoms with Gasteiger partial charge in [0, 0.05) is 24.7 Å². The fraction of sp³-hybridized carbons (Fsp3) is 0.404. The van der Waals surface area contributed by atoms with E-state index in [0.29, 0.717) is 17.1 Å². The molecule has 5 atom stereocenters. The van der Waals surface area contributed by atoms with Crippen LogP contribution in [0.1, 0.15) is 62.4 Å². The number of phenols is 1. The van der Waals surface area contributed by atoms with Gasteiger partial charge in [-0.3, -0.25) is 19.7 Å². The summed E-state index contributed by atoms with van der Waals surface area (Å²) in [5.41, 5.74) is 2.97. The Morgan fingerprint density at radius 2 is 1.34 bits per heavy atom. The third kappa shape index (κ3) is 14.5. The average molecular weight is 840 g/mol. The molecule has 328 valence electrons. The molecule has 4 rings (SSSR count). The van der Waals surface area contributed by atoms with Crippen LogP contribution in [0.3, 0.4) is 0 Å². The Labute approximate surface area is 358 Å². The summed E-state index contributed by atoms with van der Waals surface area (Å²) >= 11 is 0. The Balaban J connectivity index is 1.61. The maximum Gasteiger partial charge on any atom is 0.408 e. The molecular weight excluding hydrogens is 779 g/mol. The van der Waals surface area contributed by atoms with E-state index in [-0.39, 0.29) is 31.9 Å². The fourth-order valence-electron chi connectivity index (χ4n) is 6.64. The number of ether oxygens (including phenoxy) is 3. The molecular formula is C47H61N5O9. The lowest BCUT2D eigenvalue weighted by Crippen LogP contribution is -2.63. The number of phenolic OH excluding ortho intramolecular Hbond substituents is 1. The minimum Gasteiger partial charge on any atom is -0.507 e. The first-order chi connectivity index (χ1) is 29.0. The van der Waals surface area contributed by atoms with Gasteiger partial charge in [-0.05, 0) is 65.6 Å². The van der Waals surface area contributed by atoms with Crippen molar-refractivity contribution in [3.05, 3.63) is 125 Å². The average Bonchev–Trinajstić information content (AvgIpc) is 3.23. The predicted octanol–water partition coefficient (Wildman–Crippen LogP) is 5.06. The van der Waals surface area contributed by atoms with E-state index in [9.17, 15) is 29.4 Å². The number of aliphatic hydroxyl groups excluding tert-OH is 1. The molecule has 0 spiro atoms. The van der Waals surface area contributed by atoms with Gasteiger partial charge in [-0.2, -0.15) is 0 Å². The van der Waals surface area contributed by atoms with Gasteiger partial charge in [0.2, 0.25) is 17.7 Å². The van der Waals surface area contributed by atoms with Crippen LogP contribution in [-0.2, 0) is 45.2 Å². The molecule has 0 fully saturated rings. The van der Waals surface area contributed by atoms with Crippen LogP contribution in [0.5, 0.6) is 17.2 Å². The molecule has 0 aliphatic heterocycles. The van der Waals surface area contributed by atoms with Crippen LogP contribution in [0.15, 0.2) is 97.1 Å². The first-order valence-electron chi connectivity index (χ1n) is 20.3. The van der Waals surface area contributed by atoms with Crippen molar-refractivity contribution in [3.63, 3.8) is 0 Å². The first-order valence-corrected chi connectivity index (χ1v) is 20.3. The number of amides is 4. The smallest absolute Gasteiger partial charge is 0.408 e. The van der Waals surface area contributed by atoms with Crippen LogP contribution < -0.4 is 36.1 Å². The number of alkyl carbamates (subject to hydrolysis) is 1. The molecule has 7 N–H and O–H groups in total. The minimum atomic E-state index is -1.57. The molecule has 0 heterocycles. The Morgan fingerprint density at radius 1 is 0.689 bits per heavy atom. The van der Waals surface area contributed by atoms with Crippen LogP contribution in [-0.4, -0.2) is 78.5 Å². The molecule has 14 heteroatoms. The lowest BCUT2D eigenvalue weighted by Gasteiger charge is -2.35. The third-order valence-electron chi connectivity index (χ3n) is 10.2. The maximum absolute atomic E-state index is 14.4. The lowest BCUT2D eigenvalue weighted by atomic mass is 9.85. The molecule has 0 radical (unpaired) electrons. The van der Waals surface area contributed by atoms with Gasteiger partial charge >= 0.3 is 6.09 Å². The van der Waals surface area contributed by atoms with E-state index in [0.717, 1.165) is 22.3 Å². The van der Waals surface area contributed by atoms with E-state index >= 15 is 0 Å². The summed E-state index contributed by atoms with van der Waals surface area (Å²) in [6, 6.07) is 24.0. The van der Waals surface area contributed by atoms with Gasteiger partial charge in [0.15, 0.2) is 0 Å². The van der Waals surface area contributed by atoms with Gasteiger partial charge in [-0.15, -0.1) is 0 Å². The second-order valence-corrected chi connectivity index (χ2v) is 16.5. The molecule has 61 heavy (non-hydrogen) atoms. The Bertz CT molecular complexity index is 2050. The number of aliphatic hydroxyl groups is 1. The second kappa shape index (κ2) is 22.5. The predicted molar refractivity (Wildman–Crippen MR) is 233 cm³/mol. The summed E-state index contributed by atoms with van der Waals surface area (Å²) < 4.78 is 16.0. The second-order valence-electron chi connectivity index (χ2n) is 16.5. The molecule has 0 unspecified atom stereocenters. The number of hydrogen-bond donors (Lipinski definition) is 7. The Morgan fingerprint density at radius 3 is 1.95 bits per heavy atom. The molecule has 4 aromatic rings. The van der Waals surface area contributed by atoms with Crippen molar-refractivity contribution in [2.75, 3.05) is 14.2 Å². The van der Waals surface area contributed by atoms with Crippen LogP contribution in [0.2, 0.25) is 0 Å². The SMILES string of the molecule is COc1ccc(CN[C@@H](C(=O)N[C@H](C(=O)NCc2ccc(OC)cc2O)C(C)C)[C@@H](O)[C@H](Cc2ccccc2)NC(=O)[C@@H](NC(=O)OCc2cccc(C)c2)C(C)(C)C)cc1. The highest BCUT2D eigenvalue weighted by molar-refractivity contribution is 5.91. The topological polar surface area (TPSA) is 197 Å². The van der Waals surface area contributed by atoms with E-state index in [1.54, 1.807) is 66.0 Å². The highest BCUT2D eigenvalue weighted by Gasteiger charge is 2.39. The number of hydrogen-bond acceptors (Lipinski definition) is 10. The number of carbonyl (C=O) groups is 4. The lowest BCUT2D eigenvalue weighted by molar-refractivity contribution is -0.134. The maximum atomic E-state index is 14.4. The summed E-state index contributed by atoms with van der Waals surface area (Å²) in [6.45, 7) is 11.0. The fourth-order valence-corrected chi connectivity index (χ4v) is 6.64. The molecule has 0 saturated heterocycles. The van der Waals surface area contributed by atoms with E-state index in [1.165, 1.54) is 13.2 Å². The van der Waals surface area contributed by atoms with Crippen LogP contribution >= 0.6 is 0 Å². The number of rotatable bonds is 20. The van der Waals surface area contributed by atoms with Crippen molar-refractivity contribution >= 4 is 23.8 Å². The van der Waals surface area contributed by atoms with Gasteiger partial charge < -0.3 is 45.7 Å². The number of aryl methyl sites for hydroxylation is 1. The van der Waals surface area contributed by atoms with Crippen molar-refractivity contribution in [1.29, 1.82) is 0 Å². The van der Waals surface area contributed by atoms with Gasteiger partial charge in [-0.1, -0.05) is 107 Å². The van der Waals surface area contributed by atoms with Crippen molar-refractivity contribution in [3.8, 4) is 17.2 Å². The van der Waals surface area contributed by atoms with Gasteiger partial charge in [0.25, 0.3) is 0 Å². The summed E-state index contributed by atoms with van der Waals surface area (Å²) in [5.74, 6) is -1.17. The number of methoxy groups -OCH3 is 2. The van der Waals surface area contributed by atoms with Crippen LogP contribution in [0, 0.1) is 18.3 Å². The molecule has 4 aromatic carbocycles. The molecule has 14 nitrogen and oxygen atoms in total. The van der Waals surface area contributed by atoms with Crippen molar-refractivity contribution < 1.29 is 43.6 Å². The molecule has 0 saturated carbocycles. The van der Waals surface area contributed by atoms with E-state index in [4.69, 9.17) is 14.2 Å². The summed E-state index contributed by atoms with van der Waals surface area (Å²) in [7, 11) is 3.04. The Hall–Kier alpha value is -6.12. The zero-order chi connectivity index (χ0) is 44.7. The quantitative estimate of drug-likeness (QED) is 0.0632. The van der Waals surface area contributed by atoms with Crippen LogP contribution in [0.25, 0.3) is 0 Å². The molecule has 0 aromatic heterocycles. The summed E-state index contributed by atoms with van der Waals surface area (Å²) in [5, 5.41) is 37.3. The van der Waals surface area contributed by atoms with E-state index < -0.39 is 65.4 Å². The van der Waals surface area contributed by atoms with Gasteiger partial charge in [-0.25, -0.2) is 4.79 Å². The van der Waals surface area contributed by atoms with E-state index in [2.05, 4.69) is 26.6 Å². The Kier molecular flexibility index (Phi) is 17.5. The summed E-state index contributed by atoms with van der Waals surface area (Å²) in [6.07, 6.45) is -2.26. The highest BCUT2D eigenvalue weighted by atomic mass is 16.5. The van der Waals surface area contributed by atoms with Gasteiger partial charge in [0.1, 0.15) is 42.0 Å². The normalized spacial score (nSPS) is 13.8. The molecule has 0 aliphatic carbocycles. The molecule has 0 aliphatic rings. The minimum absolute atomic E-state index is 0.00263. The molecule has 4 amide bonds. The van der Waals surface area contributed by atoms with Crippen molar-refractivity contribution in [1.82, 2.24) is 26.6 Å². The zero-order valence-electron chi connectivity index (χ0n) is 36.3. The number of aromatic hydroxyl groups is 1. The summed E-state index contributed by atoms with van der Waals surface area (Å²) in [4.78, 5) is 55.5. The third-order valence-corrected chi connectivity index (χ3v) is 10.2. The monoisotopic (exact) mass is 839 g/mol. The first kappa shape index (κ1) is 47.6. The number of carbonyl (C=O) groups excluding carboxylic acids is 4. The van der Waals surface area contributed by atoms with Crippen LogP contribution in [0.4, 0.5) is 4.79 Å². The molecule has 0 bridgehead atoms.